The van der Waals surface area contributed by atoms with Crippen molar-refractivity contribution in [2.24, 2.45) is 5.10 Å². The van der Waals surface area contributed by atoms with Crippen LogP contribution in [0.5, 0.6) is 23.0 Å². The van der Waals surface area contributed by atoms with Crippen LogP contribution in [-0.2, 0) is 11.4 Å². The first-order chi connectivity index (χ1) is 18.4. The Morgan fingerprint density at radius 2 is 1.74 bits per heavy atom. The van der Waals surface area contributed by atoms with E-state index in [2.05, 4.69) is 44.5 Å². The molecule has 3 rings (SSSR count). The smallest absolute Gasteiger partial charge is 0.259 e. The molecule has 0 aliphatic carbocycles. The van der Waals surface area contributed by atoms with Gasteiger partial charge in [0.15, 0.2) is 23.0 Å². The SMILES string of the molecule is COc1ccc(C(=O)NCC(=O)N/N=C/c2cc(I)c(OCc3ccccc3C#N)c(OC)c2)cc1OC. The van der Waals surface area contributed by atoms with E-state index in [4.69, 9.17) is 18.9 Å². The van der Waals surface area contributed by atoms with Crippen LogP contribution in [0.25, 0.3) is 0 Å². The van der Waals surface area contributed by atoms with Gasteiger partial charge in [-0.3, -0.25) is 9.59 Å². The van der Waals surface area contributed by atoms with Crippen LogP contribution in [0.1, 0.15) is 27.0 Å². The van der Waals surface area contributed by atoms with E-state index in [1.54, 1.807) is 30.3 Å². The molecule has 0 aliphatic rings. The molecule has 0 atom stereocenters. The number of methoxy groups -OCH3 is 3. The number of ether oxygens (including phenoxy) is 4. The molecular formula is C27H25IN4O6. The van der Waals surface area contributed by atoms with Gasteiger partial charge in [0, 0.05) is 11.1 Å². The summed E-state index contributed by atoms with van der Waals surface area (Å²) in [6, 6.07) is 17.6. The average molecular weight is 628 g/mol. The van der Waals surface area contributed by atoms with Gasteiger partial charge in [0.05, 0.1) is 49.3 Å². The van der Waals surface area contributed by atoms with E-state index in [1.807, 2.05) is 18.2 Å². The molecule has 38 heavy (non-hydrogen) atoms. The van der Waals surface area contributed by atoms with Crippen LogP contribution in [0, 0.1) is 14.9 Å². The topological polar surface area (TPSA) is 131 Å². The summed E-state index contributed by atoms with van der Waals surface area (Å²) in [5.74, 6) is 0.945. The molecule has 196 valence electrons. The van der Waals surface area contributed by atoms with Gasteiger partial charge in [-0.25, -0.2) is 5.43 Å². The first kappa shape index (κ1) is 28.3. The lowest BCUT2D eigenvalue weighted by molar-refractivity contribution is -0.120. The summed E-state index contributed by atoms with van der Waals surface area (Å²) in [4.78, 5) is 24.5. The first-order valence-electron chi connectivity index (χ1n) is 11.2. The largest absolute Gasteiger partial charge is 0.493 e. The van der Waals surface area contributed by atoms with Crippen molar-refractivity contribution < 1.29 is 28.5 Å². The number of hydrogen-bond acceptors (Lipinski definition) is 8. The van der Waals surface area contributed by atoms with Gasteiger partial charge < -0.3 is 24.3 Å². The minimum atomic E-state index is -0.507. The molecule has 0 saturated carbocycles. The highest BCUT2D eigenvalue weighted by Gasteiger charge is 2.14. The number of amides is 2. The van der Waals surface area contributed by atoms with Crippen LogP contribution in [0.4, 0.5) is 0 Å². The first-order valence-corrected chi connectivity index (χ1v) is 12.3. The molecular weight excluding hydrogens is 603 g/mol. The van der Waals surface area contributed by atoms with Crippen LogP contribution >= 0.6 is 22.6 Å². The summed E-state index contributed by atoms with van der Waals surface area (Å²) in [5, 5.41) is 15.8. The van der Waals surface area contributed by atoms with Crippen molar-refractivity contribution in [3.05, 3.63) is 80.4 Å². The van der Waals surface area contributed by atoms with Gasteiger partial charge in [-0.2, -0.15) is 10.4 Å². The lowest BCUT2D eigenvalue weighted by atomic mass is 10.1. The highest BCUT2D eigenvalue weighted by atomic mass is 127. The van der Waals surface area contributed by atoms with Gasteiger partial charge >= 0.3 is 0 Å². The summed E-state index contributed by atoms with van der Waals surface area (Å²) < 4.78 is 22.5. The number of nitrogens with one attached hydrogen (secondary N) is 2. The van der Waals surface area contributed by atoms with E-state index in [-0.39, 0.29) is 13.2 Å². The molecule has 0 aliphatic heterocycles. The minimum absolute atomic E-state index is 0.203. The Hall–Kier alpha value is -4.31. The monoisotopic (exact) mass is 628 g/mol. The molecule has 10 nitrogen and oxygen atoms in total. The summed E-state index contributed by atoms with van der Waals surface area (Å²) in [6.45, 7) is -0.0725. The van der Waals surface area contributed by atoms with E-state index in [0.717, 1.165) is 9.13 Å². The summed E-state index contributed by atoms with van der Waals surface area (Å²) in [6.07, 6.45) is 1.45. The summed E-state index contributed by atoms with van der Waals surface area (Å²) in [5.41, 5.74) is 4.66. The van der Waals surface area contributed by atoms with Crippen molar-refractivity contribution in [3.8, 4) is 29.1 Å². The Morgan fingerprint density at radius 1 is 1.00 bits per heavy atom. The fourth-order valence-electron chi connectivity index (χ4n) is 3.32. The maximum atomic E-state index is 12.4. The molecule has 3 aromatic carbocycles. The molecule has 0 radical (unpaired) electrons. The van der Waals surface area contributed by atoms with Crippen LogP contribution in [-0.4, -0.2) is 45.9 Å². The number of rotatable bonds is 11. The molecule has 0 spiro atoms. The number of carbonyl (C=O) groups excluding carboxylic acids is 2. The van der Waals surface area contributed by atoms with Crippen LogP contribution in [0.3, 0.4) is 0 Å². The number of hydrogen-bond donors (Lipinski definition) is 2. The Labute approximate surface area is 233 Å². The maximum absolute atomic E-state index is 12.4. The predicted molar refractivity (Wildman–Crippen MR) is 149 cm³/mol. The second-order valence-electron chi connectivity index (χ2n) is 7.64. The number of halogens is 1. The fourth-order valence-corrected chi connectivity index (χ4v) is 4.10. The minimum Gasteiger partial charge on any atom is -0.493 e. The number of hydrazone groups is 1. The van der Waals surface area contributed by atoms with Crippen molar-refractivity contribution in [1.82, 2.24) is 10.7 Å². The van der Waals surface area contributed by atoms with Crippen LogP contribution in [0.2, 0.25) is 0 Å². The number of carbonyl (C=O) groups is 2. The Morgan fingerprint density at radius 3 is 2.45 bits per heavy atom. The molecule has 0 unspecified atom stereocenters. The van der Waals surface area contributed by atoms with Crippen molar-refractivity contribution >= 4 is 40.6 Å². The molecule has 0 fully saturated rings. The third kappa shape index (κ3) is 7.36. The Bertz CT molecular complexity index is 1390. The third-order valence-corrected chi connectivity index (χ3v) is 6.02. The van der Waals surface area contributed by atoms with Gasteiger partial charge in [-0.1, -0.05) is 18.2 Å². The van der Waals surface area contributed by atoms with E-state index >= 15 is 0 Å². The lowest BCUT2D eigenvalue weighted by Gasteiger charge is -2.14. The third-order valence-electron chi connectivity index (χ3n) is 5.22. The zero-order valence-corrected chi connectivity index (χ0v) is 23.1. The van der Waals surface area contributed by atoms with Crippen LogP contribution in [0.15, 0.2) is 59.7 Å². The summed E-state index contributed by atoms with van der Waals surface area (Å²) in [7, 11) is 4.49. The van der Waals surface area contributed by atoms with Gasteiger partial charge in [-0.05, 0) is 64.6 Å². The standard InChI is InChI=1S/C27H25IN4O6/c1-35-22-9-8-18(12-23(22)36-2)27(34)30-15-25(33)32-31-14-17-10-21(28)26(24(11-17)37-3)38-16-20-7-5-4-6-19(20)13-29/h4-12,14H,15-16H2,1-3H3,(H,30,34)(H,32,33)/b31-14+. The highest BCUT2D eigenvalue weighted by molar-refractivity contribution is 14.1. The van der Waals surface area contributed by atoms with Crippen molar-refractivity contribution in [2.45, 2.75) is 6.61 Å². The molecule has 2 amide bonds. The lowest BCUT2D eigenvalue weighted by Crippen LogP contribution is -2.34. The Balaban J connectivity index is 1.57. The van der Waals surface area contributed by atoms with E-state index in [0.29, 0.717) is 39.7 Å². The second-order valence-corrected chi connectivity index (χ2v) is 8.80. The predicted octanol–water partition coefficient (Wildman–Crippen LogP) is 3.65. The zero-order chi connectivity index (χ0) is 27.5. The van der Waals surface area contributed by atoms with Crippen molar-refractivity contribution in [3.63, 3.8) is 0 Å². The molecule has 0 heterocycles. The van der Waals surface area contributed by atoms with Gasteiger partial charge in [-0.15, -0.1) is 0 Å². The van der Waals surface area contributed by atoms with Gasteiger partial charge in [0.25, 0.3) is 11.8 Å². The number of benzene rings is 3. The number of nitriles is 1. The number of nitrogens with zero attached hydrogens (tertiary/aromatic N) is 2. The molecule has 0 bridgehead atoms. The molecule has 11 heteroatoms. The van der Waals surface area contributed by atoms with E-state index < -0.39 is 11.8 Å². The summed E-state index contributed by atoms with van der Waals surface area (Å²) >= 11 is 2.11. The molecule has 0 aromatic heterocycles. The molecule has 3 aromatic rings. The second kappa shape index (κ2) is 13.8. The van der Waals surface area contributed by atoms with Gasteiger partial charge in [0.2, 0.25) is 0 Å². The van der Waals surface area contributed by atoms with Crippen molar-refractivity contribution in [2.75, 3.05) is 27.9 Å². The van der Waals surface area contributed by atoms with Crippen LogP contribution < -0.4 is 29.7 Å². The normalized spacial score (nSPS) is 10.4. The average Bonchev–Trinajstić information content (AvgIpc) is 2.94. The zero-order valence-electron chi connectivity index (χ0n) is 20.9. The van der Waals surface area contributed by atoms with Crippen molar-refractivity contribution in [1.29, 1.82) is 5.26 Å². The highest BCUT2D eigenvalue weighted by Crippen LogP contribution is 2.34. The quantitative estimate of drug-likeness (QED) is 0.188. The molecule has 0 saturated heterocycles. The molecule has 2 N–H and O–H groups in total. The fraction of sp³-hybridized carbons (Fsp3) is 0.185. The van der Waals surface area contributed by atoms with E-state index in [9.17, 15) is 14.9 Å². The maximum Gasteiger partial charge on any atom is 0.259 e. The van der Waals surface area contributed by atoms with Gasteiger partial charge in [0.1, 0.15) is 6.61 Å². The Kier molecular flexibility index (Phi) is 10.3. The van der Waals surface area contributed by atoms with E-state index in [1.165, 1.54) is 33.6 Å².